The van der Waals surface area contributed by atoms with Gasteiger partial charge in [-0.2, -0.15) is 0 Å². The molecule has 0 saturated carbocycles. The first-order chi connectivity index (χ1) is 8.16. The van der Waals surface area contributed by atoms with Crippen molar-refractivity contribution < 1.29 is 13.9 Å². The Balaban J connectivity index is 2.02. The first-order valence-corrected chi connectivity index (χ1v) is 5.92. The van der Waals surface area contributed by atoms with E-state index in [1.165, 1.54) is 12.1 Å². The molecule has 1 fully saturated rings. The Bertz CT molecular complexity index is 419. The van der Waals surface area contributed by atoms with Gasteiger partial charge in [0.25, 0.3) is 0 Å². The van der Waals surface area contributed by atoms with Crippen molar-refractivity contribution in [2.45, 2.75) is 12.8 Å². The zero-order valence-electron chi connectivity index (χ0n) is 9.21. The summed E-state index contributed by atoms with van der Waals surface area (Å²) in [6, 6.07) is 3.72. The molecule has 0 spiro atoms. The van der Waals surface area contributed by atoms with E-state index < -0.39 is 5.82 Å². The quantitative estimate of drug-likeness (QED) is 0.653. The normalized spacial score (nSPS) is 16.8. The number of benzene rings is 1. The summed E-state index contributed by atoms with van der Waals surface area (Å²) < 4.78 is 18.0. The molecular formula is C12H13ClFNO2. The predicted molar refractivity (Wildman–Crippen MR) is 62.6 cm³/mol. The van der Waals surface area contributed by atoms with Gasteiger partial charge in [0, 0.05) is 0 Å². The molecule has 1 aromatic carbocycles. The monoisotopic (exact) mass is 257 g/mol. The summed E-state index contributed by atoms with van der Waals surface area (Å²) in [7, 11) is 0. The van der Waals surface area contributed by atoms with Gasteiger partial charge in [0.1, 0.15) is 11.6 Å². The lowest BCUT2D eigenvalue weighted by molar-refractivity contribution is -0.139. The van der Waals surface area contributed by atoms with Gasteiger partial charge in [-0.3, -0.25) is 4.79 Å². The number of carbonyl (C=O) groups excluding carboxylic acids is 1. The van der Waals surface area contributed by atoms with Gasteiger partial charge in [-0.1, -0.05) is 11.6 Å². The van der Waals surface area contributed by atoms with E-state index in [4.69, 9.17) is 16.3 Å². The second-order valence-electron chi connectivity index (χ2n) is 4.02. The molecule has 1 saturated heterocycles. The first-order valence-electron chi connectivity index (χ1n) is 5.54. The first kappa shape index (κ1) is 12.3. The Morgan fingerprint density at radius 2 is 2.12 bits per heavy atom. The maximum Gasteiger partial charge on any atom is 0.314 e. The third-order valence-electron chi connectivity index (χ3n) is 2.78. The molecule has 0 amide bonds. The molecule has 1 N–H and O–H groups in total. The van der Waals surface area contributed by atoms with Crippen LogP contribution < -0.4 is 10.1 Å². The smallest absolute Gasteiger partial charge is 0.314 e. The molecule has 1 aliphatic heterocycles. The number of hydrogen-bond donors (Lipinski definition) is 1. The molecular weight excluding hydrogens is 245 g/mol. The lowest BCUT2D eigenvalue weighted by Gasteiger charge is -2.21. The van der Waals surface area contributed by atoms with E-state index in [0.29, 0.717) is 0 Å². The summed E-state index contributed by atoms with van der Waals surface area (Å²) in [5.41, 5.74) is 0. The molecule has 0 unspecified atom stereocenters. The molecule has 0 bridgehead atoms. The SMILES string of the molecule is O=C(Oc1ccc(F)cc1Cl)C1CCNCC1. The Morgan fingerprint density at radius 3 is 2.76 bits per heavy atom. The summed E-state index contributed by atoms with van der Waals surface area (Å²) >= 11 is 5.78. The maximum absolute atomic E-state index is 12.8. The van der Waals surface area contributed by atoms with E-state index in [1.54, 1.807) is 0 Å². The number of carbonyl (C=O) groups is 1. The predicted octanol–water partition coefficient (Wildman–Crippen LogP) is 2.38. The zero-order chi connectivity index (χ0) is 12.3. The van der Waals surface area contributed by atoms with Crippen molar-refractivity contribution in [3.63, 3.8) is 0 Å². The molecule has 5 heteroatoms. The number of piperidine rings is 1. The van der Waals surface area contributed by atoms with Gasteiger partial charge < -0.3 is 10.1 Å². The van der Waals surface area contributed by atoms with Crippen molar-refractivity contribution in [2.24, 2.45) is 5.92 Å². The third kappa shape index (κ3) is 3.17. The van der Waals surface area contributed by atoms with Crippen LogP contribution >= 0.6 is 11.6 Å². The topological polar surface area (TPSA) is 38.3 Å². The van der Waals surface area contributed by atoms with Crippen LogP contribution in [-0.4, -0.2) is 19.1 Å². The van der Waals surface area contributed by atoms with E-state index in [2.05, 4.69) is 5.32 Å². The summed E-state index contributed by atoms with van der Waals surface area (Å²) in [5.74, 6) is -0.620. The molecule has 1 aliphatic rings. The second kappa shape index (κ2) is 5.47. The minimum Gasteiger partial charge on any atom is -0.425 e. The van der Waals surface area contributed by atoms with Gasteiger partial charge >= 0.3 is 5.97 Å². The number of nitrogens with one attached hydrogen (secondary N) is 1. The number of rotatable bonds is 2. The fraction of sp³-hybridized carbons (Fsp3) is 0.417. The Labute approximate surface area is 104 Å². The van der Waals surface area contributed by atoms with Crippen LogP contribution in [0.4, 0.5) is 4.39 Å². The van der Waals surface area contributed by atoms with Gasteiger partial charge in [0.05, 0.1) is 10.9 Å². The molecule has 3 nitrogen and oxygen atoms in total. The summed E-state index contributed by atoms with van der Waals surface area (Å²) in [4.78, 5) is 11.8. The van der Waals surface area contributed by atoms with Gasteiger partial charge in [0.15, 0.2) is 0 Å². The number of ether oxygens (including phenoxy) is 1. The highest BCUT2D eigenvalue weighted by atomic mass is 35.5. The van der Waals surface area contributed by atoms with Crippen LogP contribution in [0.25, 0.3) is 0 Å². The van der Waals surface area contributed by atoms with Crippen LogP contribution in [0, 0.1) is 11.7 Å². The fourth-order valence-corrected chi connectivity index (χ4v) is 2.01. The molecule has 1 aromatic rings. The van der Waals surface area contributed by atoms with E-state index in [-0.39, 0.29) is 22.7 Å². The fourth-order valence-electron chi connectivity index (χ4n) is 1.81. The highest BCUT2D eigenvalue weighted by Gasteiger charge is 2.23. The molecule has 0 aromatic heterocycles. The average molecular weight is 258 g/mol. The van der Waals surface area contributed by atoms with Crippen LogP contribution in [0.2, 0.25) is 5.02 Å². The van der Waals surface area contributed by atoms with Crippen LogP contribution in [0.5, 0.6) is 5.75 Å². The third-order valence-corrected chi connectivity index (χ3v) is 3.07. The van der Waals surface area contributed by atoms with Crippen molar-refractivity contribution in [1.29, 1.82) is 0 Å². The van der Waals surface area contributed by atoms with Crippen molar-refractivity contribution >= 4 is 17.6 Å². The van der Waals surface area contributed by atoms with Gasteiger partial charge in [0.2, 0.25) is 0 Å². The number of halogens is 2. The standard InChI is InChI=1S/C12H13ClFNO2/c13-10-7-9(14)1-2-11(10)17-12(16)8-3-5-15-6-4-8/h1-2,7-8,15H,3-6H2. The van der Waals surface area contributed by atoms with Gasteiger partial charge in [-0.25, -0.2) is 4.39 Å². The van der Waals surface area contributed by atoms with Gasteiger partial charge in [-0.05, 0) is 44.1 Å². The molecule has 2 rings (SSSR count). The van der Waals surface area contributed by atoms with Crippen LogP contribution in [0.1, 0.15) is 12.8 Å². The highest BCUT2D eigenvalue weighted by Crippen LogP contribution is 2.26. The minimum absolute atomic E-state index is 0.0997. The number of esters is 1. The summed E-state index contributed by atoms with van der Waals surface area (Å²) in [5, 5.41) is 3.29. The van der Waals surface area contributed by atoms with Crippen LogP contribution in [0.15, 0.2) is 18.2 Å². The molecule has 1 heterocycles. The van der Waals surface area contributed by atoms with E-state index in [9.17, 15) is 9.18 Å². The lowest BCUT2D eigenvalue weighted by Crippen LogP contribution is -2.33. The molecule has 0 radical (unpaired) electrons. The largest absolute Gasteiger partial charge is 0.425 e. The van der Waals surface area contributed by atoms with E-state index in [1.807, 2.05) is 0 Å². The van der Waals surface area contributed by atoms with Crippen LogP contribution in [0.3, 0.4) is 0 Å². The molecule has 92 valence electrons. The van der Waals surface area contributed by atoms with Crippen molar-refractivity contribution in [3.8, 4) is 5.75 Å². The zero-order valence-corrected chi connectivity index (χ0v) is 9.97. The molecule has 17 heavy (non-hydrogen) atoms. The van der Waals surface area contributed by atoms with Crippen LogP contribution in [-0.2, 0) is 4.79 Å². The van der Waals surface area contributed by atoms with Crippen molar-refractivity contribution in [3.05, 3.63) is 29.0 Å². The minimum atomic E-state index is -0.448. The Kier molecular flexibility index (Phi) is 3.97. The van der Waals surface area contributed by atoms with Gasteiger partial charge in [-0.15, -0.1) is 0 Å². The lowest BCUT2D eigenvalue weighted by atomic mass is 9.98. The van der Waals surface area contributed by atoms with Crippen molar-refractivity contribution in [2.75, 3.05) is 13.1 Å². The summed E-state index contributed by atoms with van der Waals surface area (Å²) in [6.45, 7) is 1.63. The summed E-state index contributed by atoms with van der Waals surface area (Å²) in [6.07, 6.45) is 1.52. The molecule has 0 atom stereocenters. The number of hydrogen-bond acceptors (Lipinski definition) is 3. The highest BCUT2D eigenvalue weighted by molar-refractivity contribution is 6.32. The Morgan fingerprint density at radius 1 is 1.41 bits per heavy atom. The maximum atomic E-state index is 12.8. The Hall–Kier alpha value is -1.13. The van der Waals surface area contributed by atoms with E-state index in [0.717, 1.165) is 32.0 Å². The molecule has 0 aliphatic carbocycles. The van der Waals surface area contributed by atoms with E-state index >= 15 is 0 Å². The second-order valence-corrected chi connectivity index (χ2v) is 4.43. The van der Waals surface area contributed by atoms with Crippen molar-refractivity contribution in [1.82, 2.24) is 5.32 Å². The average Bonchev–Trinajstić information content (AvgIpc) is 2.34.